The molecule has 1 nitrogen and oxygen atoms in total. The van der Waals surface area contributed by atoms with Crippen LogP contribution in [0.5, 0.6) is 5.75 Å². The highest BCUT2D eigenvalue weighted by Gasteiger charge is 2.08. The number of benzene rings is 2. The standard InChI is InChI=1S/C18H22O/c1-3-4-6-11-16-13-17(12-14(2)18(16)19)15-9-7-5-8-10-15/h5,7-10,12-13,19H,3-4,6,11H2,1-2H3. The van der Waals surface area contributed by atoms with E-state index in [4.69, 9.17) is 0 Å². The number of rotatable bonds is 5. The van der Waals surface area contributed by atoms with E-state index >= 15 is 0 Å². The lowest BCUT2D eigenvalue weighted by Gasteiger charge is -2.11. The minimum absolute atomic E-state index is 0.468. The van der Waals surface area contributed by atoms with Gasteiger partial charge in [-0.2, -0.15) is 0 Å². The average Bonchev–Trinajstić information content (AvgIpc) is 2.44. The number of unbranched alkanes of at least 4 members (excludes halogenated alkanes) is 2. The highest BCUT2D eigenvalue weighted by atomic mass is 16.3. The maximum atomic E-state index is 10.2. The maximum Gasteiger partial charge on any atom is 0.121 e. The van der Waals surface area contributed by atoms with Crippen LogP contribution < -0.4 is 0 Å². The third-order valence-electron chi connectivity index (χ3n) is 3.54. The molecule has 19 heavy (non-hydrogen) atoms. The summed E-state index contributed by atoms with van der Waals surface area (Å²) in [5.74, 6) is 0.468. The van der Waals surface area contributed by atoms with E-state index in [9.17, 15) is 5.11 Å². The molecule has 100 valence electrons. The fraction of sp³-hybridized carbons (Fsp3) is 0.333. The summed E-state index contributed by atoms with van der Waals surface area (Å²) in [6.45, 7) is 4.18. The molecule has 0 spiro atoms. The molecule has 0 aliphatic rings. The molecule has 0 aliphatic heterocycles. The van der Waals surface area contributed by atoms with Crippen LogP contribution in [0.3, 0.4) is 0 Å². The Balaban J connectivity index is 2.31. The molecule has 0 fully saturated rings. The molecule has 1 N–H and O–H groups in total. The second-order valence-electron chi connectivity index (χ2n) is 5.12. The van der Waals surface area contributed by atoms with E-state index in [-0.39, 0.29) is 0 Å². The van der Waals surface area contributed by atoms with Crippen LogP contribution in [0, 0.1) is 6.92 Å². The third-order valence-corrected chi connectivity index (χ3v) is 3.54. The van der Waals surface area contributed by atoms with Gasteiger partial charge in [0, 0.05) is 0 Å². The molecule has 0 amide bonds. The average molecular weight is 254 g/mol. The van der Waals surface area contributed by atoms with Crippen molar-refractivity contribution in [2.75, 3.05) is 0 Å². The van der Waals surface area contributed by atoms with E-state index in [2.05, 4.69) is 31.2 Å². The van der Waals surface area contributed by atoms with E-state index in [1.165, 1.54) is 24.0 Å². The van der Waals surface area contributed by atoms with Crippen molar-refractivity contribution in [2.24, 2.45) is 0 Å². The van der Waals surface area contributed by atoms with Crippen LogP contribution in [-0.2, 0) is 6.42 Å². The number of aromatic hydroxyl groups is 1. The van der Waals surface area contributed by atoms with E-state index in [1.807, 2.05) is 25.1 Å². The second kappa shape index (κ2) is 6.42. The predicted molar refractivity (Wildman–Crippen MR) is 81.5 cm³/mol. The van der Waals surface area contributed by atoms with E-state index in [1.54, 1.807) is 0 Å². The van der Waals surface area contributed by atoms with Gasteiger partial charge >= 0.3 is 0 Å². The smallest absolute Gasteiger partial charge is 0.121 e. The molecule has 0 unspecified atom stereocenters. The van der Waals surface area contributed by atoms with E-state index < -0.39 is 0 Å². The van der Waals surface area contributed by atoms with Crippen LogP contribution in [0.1, 0.15) is 37.3 Å². The molecule has 0 aromatic heterocycles. The highest BCUT2D eigenvalue weighted by molar-refractivity contribution is 5.67. The summed E-state index contributed by atoms with van der Waals surface area (Å²) in [6, 6.07) is 14.5. The summed E-state index contributed by atoms with van der Waals surface area (Å²) in [5, 5.41) is 10.2. The highest BCUT2D eigenvalue weighted by Crippen LogP contribution is 2.30. The number of hydrogen-bond acceptors (Lipinski definition) is 1. The Labute approximate surface area is 115 Å². The molecule has 0 heterocycles. The van der Waals surface area contributed by atoms with Crippen molar-refractivity contribution in [3.05, 3.63) is 53.6 Å². The number of phenolic OH excluding ortho intramolecular Hbond substituents is 1. The van der Waals surface area contributed by atoms with Gasteiger partial charge in [0.2, 0.25) is 0 Å². The SMILES string of the molecule is CCCCCc1cc(-c2ccccc2)cc(C)c1O. The topological polar surface area (TPSA) is 20.2 Å². The fourth-order valence-corrected chi connectivity index (χ4v) is 2.41. The van der Waals surface area contributed by atoms with Crippen molar-refractivity contribution in [3.8, 4) is 16.9 Å². The van der Waals surface area contributed by atoms with E-state index in [0.29, 0.717) is 5.75 Å². The van der Waals surface area contributed by atoms with Crippen LogP contribution in [-0.4, -0.2) is 5.11 Å². The molecule has 2 aromatic carbocycles. The lowest BCUT2D eigenvalue weighted by atomic mass is 9.96. The normalized spacial score (nSPS) is 10.6. The largest absolute Gasteiger partial charge is 0.507 e. The van der Waals surface area contributed by atoms with Gasteiger partial charge in [0.25, 0.3) is 0 Å². The first-order valence-corrected chi connectivity index (χ1v) is 7.10. The van der Waals surface area contributed by atoms with Crippen LogP contribution >= 0.6 is 0 Å². The Bertz CT molecular complexity index is 529. The van der Waals surface area contributed by atoms with E-state index in [0.717, 1.165) is 24.0 Å². The van der Waals surface area contributed by atoms with Gasteiger partial charge in [-0.25, -0.2) is 0 Å². The summed E-state index contributed by atoms with van der Waals surface area (Å²) in [5.41, 5.74) is 4.45. The summed E-state index contributed by atoms with van der Waals surface area (Å²) in [4.78, 5) is 0. The molecule has 0 atom stereocenters. The molecule has 2 aromatic rings. The van der Waals surface area contributed by atoms with Gasteiger partial charge in [0.05, 0.1) is 0 Å². The first-order chi connectivity index (χ1) is 9.22. The zero-order chi connectivity index (χ0) is 13.7. The van der Waals surface area contributed by atoms with Crippen LogP contribution in [0.15, 0.2) is 42.5 Å². The van der Waals surface area contributed by atoms with Crippen LogP contribution in [0.4, 0.5) is 0 Å². The molecular formula is C18H22O. The van der Waals surface area contributed by atoms with Crippen molar-refractivity contribution in [1.29, 1.82) is 0 Å². The first kappa shape index (κ1) is 13.7. The van der Waals surface area contributed by atoms with Crippen LogP contribution in [0.2, 0.25) is 0 Å². The zero-order valence-corrected chi connectivity index (χ0v) is 11.8. The van der Waals surface area contributed by atoms with Gasteiger partial charge in [-0.15, -0.1) is 0 Å². The summed E-state index contributed by atoms with van der Waals surface area (Å²) < 4.78 is 0. The summed E-state index contributed by atoms with van der Waals surface area (Å²) in [7, 11) is 0. The minimum atomic E-state index is 0.468. The Morgan fingerprint density at radius 3 is 2.37 bits per heavy atom. The molecule has 0 bridgehead atoms. The minimum Gasteiger partial charge on any atom is -0.507 e. The Hall–Kier alpha value is -1.76. The molecule has 1 heteroatoms. The van der Waals surface area contributed by atoms with Crippen molar-refractivity contribution in [1.82, 2.24) is 0 Å². The van der Waals surface area contributed by atoms with Crippen molar-refractivity contribution < 1.29 is 5.11 Å². The van der Waals surface area contributed by atoms with Gasteiger partial charge in [0.1, 0.15) is 5.75 Å². The molecule has 0 saturated heterocycles. The van der Waals surface area contributed by atoms with Gasteiger partial charge in [-0.1, -0.05) is 50.1 Å². The quantitative estimate of drug-likeness (QED) is 0.736. The lowest BCUT2D eigenvalue weighted by molar-refractivity contribution is 0.462. The molecule has 0 saturated carbocycles. The zero-order valence-electron chi connectivity index (χ0n) is 11.8. The molecule has 0 radical (unpaired) electrons. The Morgan fingerprint density at radius 1 is 0.947 bits per heavy atom. The number of phenols is 1. The van der Waals surface area contributed by atoms with Gasteiger partial charge in [-0.05, 0) is 54.2 Å². The summed E-state index contributed by atoms with van der Waals surface area (Å²) >= 11 is 0. The predicted octanol–water partition coefficient (Wildman–Crippen LogP) is 5.10. The van der Waals surface area contributed by atoms with Gasteiger partial charge in [-0.3, -0.25) is 0 Å². The maximum absolute atomic E-state index is 10.2. The van der Waals surface area contributed by atoms with Gasteiger partial charge < -0.3 is 5.11 Å². The summed E-state index contributed by atoms with van der Waals surface area (Å²) in [6.07, 6.45) is 4.52. The number of hydrogen-bond donors (Lipinski definition) is 1. The first-order valence-electron chi connectivity index (χ1n) is 7.10. The van der Waals surface area contributed by atoms with Crippen LogP contribution in [0.25, 0.3) is 11.1 Å². The Kier molecular flexibility index (Phi) is 4.62. The molecule has 2 rings (SSSR count). The Morgan fingerprint density at radius 2 is 1.68 bits per heavy atom. The third kappa shape index (κ3) is 3.37. The van der Waals surface area contributed by atoms with Crippen molar-refractivity contribution in [3.63, 3.8) is 0 Å². The van der Waals surface area contributed by atoms with Crippen molar-refractivity contribution >= 4 is 0 Å². The fourth-order valence-electron chi connectivity index (χ4n) is 2.41. The second-order valence-corrected chi connectivity index (χ2v) is 5.12. The lowest BCUT2D eigenvalue weighted by Crippen LogP contribution is -1.91. The monoisotopic (exact) mass is 254 g/mol. The number of aryl methyl sites for hydroxylation is 2. The molecular weight excluding hydrogens is 232 g/mol. The van der Waals surface area contributed by atoms with Crippen molar-refractivity contribution in [2.45, 2.75) is 39.5 Å². The van der Waals surface area contributed by atoms with Gasteiger partial charge in [0.15, 0.2) is 0 Å². The molecule has 0 aliphatic carbocycles.